The van der Waals surface area contributed by atoms with Crippen LogP contribution in [0.15, 0.2) is 24.5 Å². The quantitative estimate of drug-likeness (QED) is 0.860. The molecule has 5 heteroatoms. The van der Waals surface area contributed by atoms with Crippen molar-refractivity contribution >= 4 is 0 Å². The van der Waals surface area contributed by atoms with Gasteiger partial charge < -0.3 is 9.47 Å². The maximum atomic E-state index is 5.54. The third-order valence-corrected chi connectivity index (χ3v) is 2.23. The van der Waals surface area contributed by atoms with Gasteiger partial charge in [-0.1, -0.05) is 0 Å². The van der Waals surface area contributed by atoms with Gasteiger partial charge >= 0.3 is 0 Å². The van der Waals surface area contributed by atoms with Gasteiger partial charge in [0.05, 0.1) is 13.2 Å². The van der Waals surface area contributed by atoms with Crippen molar-refractivity contribution in [3.63, 3.8) is 0 Å². The molecule has 0 atom stereocenters. The molecule has 17 heavy (non-hydrogen) atoms. The fraction of sp³-hybridized carbons (Fsp3) is 0.333. The molecular formula is C12H15N3O2. The second-order valence-electron chi connectivity index (χ2n) is 3.36. The van der Waals surface area contributed by atoms with E-state index in [4.69, 9.17) is 9.47 Å². The summed E-state index contributed by atoms with van der Waals surface area (Å²) in [5.41, 5.74) is 0.925. The zero-order valence-corrected chi connectivity index (χ0v) is 9.93. The van der Waals surface area contributed by atoms with Crippen LogP contribution in [-0.4, -0.2) is 28.4 Å². The lowest BCUT2D eigenvalue weighted by atomic mass is 10.2. The normalized spacial score (nSPS) is 10.2. The highest BCUT2D eigenvalue weighted by atomic mass is 16.5. The Labute approximate surface area is 99.8 Å². The molecular weight excluding hydrogens is 218 g/mol. The van der Waals surface area contributed by atoms with Crippen LogP contribution in [0.4, 0.5) is 0 Å². The first-order valence-electron chi connectivity index (χ1n) is 5.60. The molecule has 5 nitrogen and oxygen atoms in total. The zero-order chi connectivity index (χ0) is 12.1. The number of hydrogen-bond acceptors (Lipinski definition) is 4. The van der Waals surface area contributed by atoms with Crippen LogP contribution in [0.2, 0.25) is 0 Å². The lowest BCUT2D eigenvalue weighted by molar-refractivity contribution is 0.288. The van der Waals surface area contributed by atoms with Crippen LogP contribution in [0, 0.1) is 0 Å². The number of ether oxygens (including phenoxy) is 2. The van der Waals surface area contributed by atoms with Crippen LogP contribution in [0.25, 0.3) is 11.4 Å². The summed E-state index contributed by atoms with van der Waals surface area (Å²) in [6.07, 6.45) is 1.48. The van der Waals surface area contributed by atoms with E-state index in [0.29, 0.717) is 19.0 Å². The molecule has 0 saturated carbocycles. The van der Waals surface area contributed by atoms with E-state index in [-0.39, 0.29) is 0 Å². The molecule has 2 rings (SSSR count). The summed E-state index contributed by atoms with van der Waals surface area (Å²) in [5, 5.41) is 6.64. The van der Waals surface area contributed by atoms with Gasteiger partial charge in [0.15, 0.2) is 17.3 Å². The monoisotopic (exact) mass is 233 g/mol. The van der Waals surface area contributed by atoms with E-state index in [9.17, 15) is 0 Å². The summed E-state index contributed by atoms with van der Waals surface area (Å²) in [7, 11) is 0. The molecule has 0 aliphatic rings. The molecule has 0 saturated heterocycles. The Morgan fingerprint density at radius 2 is 1.88 bits per heavy atom. The number of hydrogen-bond donors (Lipinski definition) is 1. The number of H-pyrrole nitrogens is 1. The lowest BCUT2D eigenvalue weighted by Gasteiger charge is -2.11. The van der Waals surface area contributed by atoms with Gasteiger partial charge in [0.25, 0.3) is 0 Å². The summed E-state index contributed by atoms with van der Waals surface area (Å²) >= 11 is 0. The number of benzene rings is 1. The summed E-state index contributed by atoms with van der Waals surface area (Å²) in [4.78, 5) is 4.10. The lowest BCUT2D eigenvalue weighted by Crippen LogP contribution is -1.98. The maximum absolute atomic E-state index is 5.54. The van der Waals surface area contributed by atoms with Gasteiger partial charge in [-0.25, -0.2) is 4.98 Å². The molecule has 1 N–H and O–H groups in total. The van der Waals surface area contributed by atoms with E-state index in [1.807, 2.05) is 32.0 Å². The number of rotatable bonds is 5. The highest BCUT2D eigenvalue weighted by Gasteiger charge is 2.08. The minimum absolute atomic E-state index is 0.597. The van der Waals surface area contributed by atoms with Crippen molar-refractivity contribution in [1.82, 2.24) is 15.2 Å². The molecule has 0 aliphatic heterocycles. The summed E-state index contributed by atoms with van der Waals surface area (Å²) < 4.78 is 11.0. The van der Waals surface area contributed by atoms with Crippen molar-refractivity contribution < 1.29 is 9.47 Å². The van der Waals surface area contributed by atoms with Gasteiger partial charge in [0, 0.05) is 5.56 Å². The third-order valence-electron chi connectivity index (χ3n) is 2.23. The zero-order valence-electron chi connectivity index (χ0n) is 9.93. The highest BCUT2D eigenvalue weighted by Crippen LogP contribution is 2.31. The fourth-order valence-electron chi connectivity index (χ4n) is 1.54. The molecule has 0 radical (unpaired) electrons. The van der Waals surface area contributed by atoms with E-state index in [0.717, 1.165) is 17.1 Å². The van der Waals surface area contributed by atoms with Crippen molar-refractivity contribution in [2.24, 2.45) is 0 Å². The van der Waals surface area contributed by atoms with Crippen LogP contribution >= 0.6 is 0 Å². The van der Waals surface area contributed by atoms with Crippen molar-refractivity contribution in [1.29, 1.82) is 0 Å². The van der Waals surface area contributed by atoms with Crippen LogP contribution in [-0.2, 0) is 0 Å². The SMILES string of the molecule is CCOc1ccc(-c2ncn[nH]2)cc1OCC. The summed E-state index contributed by atoms with van der Waals surface area (Å²) in [5.74, 6) is 2.19. The average molecular weight is 233 g/mol. The van der Waals surface area contributed by atoms with Crippen molar-refractivity contribution in [2.45, 2.75) is 13.8 Å². The maximum Gasteiger partial charge on any atom is 0.161 e. The second kappa shape index (κ2) is 5.34. The summed E-state index contributed by atoms with van der Waals surface area (Å²) in [6.45, 7) is 5.10. The summed E-state index contributed by atoms with van der Waals surface area (Å²) in [6, 6.07) is 5.70. The first kappa shape index (κ1) is 11.4. The second-order valence-corrected chi connectivity index (χ2v) is 3.36. The van der Waals surface area contributed by atoms with Crippen LogP contribution in [0.1, 0.15) is 13.8 Å². The van der Waals surface area contributed by atoms with E-state index in [2.05, 4.69) is 15.2 Å². The molecule has 0 amide bonds. The Balaban J connectivity index is 2.34. The fourth-order valence-corrected chi connectivity index (χ4v) is 1.54. The van der Waals surface area contributed by atoms with Gasteiger partial charge in [-0.2, -0.15) is 5.10 Å². The van der Waals surface area contributed by atoms with Crippen LogP contribution in [0.3, 0.4) is 0 Å². The first-order chi connectivity index (χ1) is 8.35. The highest BCUT2D eigenvalue weighted by molar-refractivity contribution is 5.60. The molecule has 0 spiro atoms. The average Bonchev–Trinajstić information content (AvgIpc) is 2.85. The van der Waals surface area contributed by atoms with Gasteiger partial charge in [0.1, 0.15) is 6.33 Å². The Morgan fingerprint density at radius 3 is 2.53 bits per heavy atom. The molecule has 0 fully saturated rings. The van der Waals surface area contributed by atoms with E-state index in [1.165, 1.54) is 6.33 Å². The van der Waals surface area contributed by atoms with Crippen molar-refractivity contribution in [3.8, 4) is 22.9 Å². The molecule has 2 aromatic rings. The first-order valence-corrected chi connectivity index (χ1v) is 5.60. The van der Waals surface area contributed by atoms with E-state index in [1.54, 1.807) is 0 Å². The minimum Gasteiger partial charge on any atom is -0.490 e. The van der Waals surface area contributed by atoms with Crippen LogP contribution in [0.5, 0.6) is 11.5 Å². The third kappa shape index (κ3) is 2.55. The van der Waals surface area contributed by atoms with Crippen LogP contribution < -0.4 is 9.47 Å². The molecule has 1 aromatic heterocycles. The topological polar surface area (TPSA) is 60.0 Å². The number of aromatic nitrogens is 3. The molecule has 0 aliphatic carbocycles. The standard InChI is InChI=1S/C12H15N3O2/c1-3-16-10-6-5-9(7-11(10)17-4-2)12-13-8-14-15-12/h5-8H,3-4H2,1-2H3,(H,13,14,15). The van der Waals surface area contributed by atoms with Crippen molar-refractivity contribution in [2.75, 3.05) is 13.2 Å². The van der Waals surface area contributed by atoms with E-state index < -0.39 is 0 Å². The number of aromatic amines is 1. The Hall–Kier alpha value is -2.04. The Kier molecular flexibility index (Phi) is 3.59. The van der Waals surface area contributed by atoms with Crippen molar-refractivity contribution in [3.05, 3.63) is 24.5 Å². The Bertz CT molecular complexity index is 469. The minimum atomic E-state index is 0.597. The van der Waals surface area contributed by atoms with Gasteiger partial charge in [-0.15, -0.1) is 0 Å². The molecule has 1 aromatic carbocycles. The molecule has 0 bridgehead atoms. The van der Waals surface area contributed by atoms with Gasteiger partial charge in [0.2, 0.25) is 0 Å². The molecule has 90 valence electrons. The number of nitrogens with zero attached hydrogens (tertiary/aromatic N) is 2. The van der Waals surface area contributed by atoms with Gasteiger partial charge in [-0.3, -0.25) is 5.10 Å². The molecule has 1 heterocycles. The predicted molar refractivity (Wildman–Crippen MR) is 64.2 cm³/mol. The smallest absolute Gasteiger partial charge is 0.161 e. The predicted octanol–water partition coefficient (Wildman–Crippen LogP) is 2.27. The Morgan fingerprint density at radius 1 is 1.12 bits per heavy atom. The van der Waals surface area contributed by atoms with E-state index >= 15 is 0 Å². The molecule has 0 unspecified atom stereocenters. The number of nitrogens with one attached hydrogen (secondary N) is 1. The largest absolute Gasteiger partial charge is 0.490 e. The van der Waals surface area contributed by atoms with Gasteiger partial charge in [-0.05, 0) is 32.0 Å².